The van der Waals surface area contributed by atoms with Gasteiger partial charge in [-0.3, -0.25) is 4.79 Å². The van der Waals surface area contributed by atoms with Crippen LogP contribution in [0.25, 0.3) is 10.9 Å². The van der Waals surface area contributed by atoms with Crippen LogP contribution in [0.1, 0.15) is 23.7 Å². The molecule has 5 heteroatoms. The standard InChI is InChI=1S/C19H16N2O3/c1-21-15-10-6-5-9-13(15)18(22)17(19(21)23)14-11-16(24-20-14)12-7-3-2-4-8-12/h2-10,16,22H,11H2,1H3. The zero-order chi connectivity index (χ0) is 16.7. The first-order valence-electron chi connectivity index (χ1n) is 7.75. The van der Waals surface area contributed by atoms with E-state index in [4.69, 9.17) is 4.84 Å². The van der Waals surface area contributed by atoms with Crippen molar-refractivity contribution in [3.63, 3.8) is 0 Å². The molecule has 1 N–H and O–H groups in total. The van der Waals surface area contributed by atoms with Gasteiger partial charge in [0, 0.05) is 18.9 Å². The van der Waals surface area contributed by atoms with Crippen molar-refractivity contribution in [2.45, 2.75) is 12.5 Å². The van der Waals surface area contributed by atoms with Gasteiger partial charge in [-0.05, 0) is 17.7 Å². The summed E-state index contributed by atoms with van der Waals surface area (Å²) in [7, 11) is 1.69. The molecule has 0 spiro atoms. The highest BCUT2D eigenvalue weighted by molar-refractivity contribution is 6.07. The summed E-state index contributed by atoms with van der Waals surface area (Å²) in [5.41, 5.74) is 2.10. The minimum atomic E-state index is -0.276. The number of hydrogen-bond acceptors (Lipinski definition) is 4. The quantitative estimate of drug-likeness (QED) is 0.789. The summed E-state index contributed by atoms with van der Waals surface area (Å²) < 4.78 is 1.53. The Morgan fingerprint density at radius 1 is 1.12 bits per heavy atom. The van der Waals surface area contributed by atoms with Crippen LogP contribution in [0.2, 0.25) is 0 Å². The van der Waals surface area contributed by atoms with Gasteiger partial charge >= 0.3 is 0 Å². The Labute approximate surface area is 138 Å². The number of aromatic nitrogens is 1. The van der Waals surface area contributed by atoms with Crippen molar-refractivity contribution in [3.8, 4) is 5.75 Å². The molecule has 0 amide bonds. The molecule has 0 saturated heterocycles. The van der Waals surface area contributed by atoms with Crippen molar-refractivity contribution in [3.05, 3.63) is 76.1 Å². The van der Waals surface area contributed by atoms with E-state index in [-0.39, 0.29) is 23.0 Å². The summed E-state index contributed by atoms with van der Waals surface area (Å²) in [6, 6.07) is 17.0. The molecular formula is C19H16N2O3. The maximum absolute atomic E-state index is 12.7. The fourth-order valence-electron chi connectivity index (χ4n) is 3.11. The highest BCUT2D eigenvalue weighted by Crippen LogP contribution is 2.33. The molecule has 1 atom stereocenters. The molecular weight excluding hydrogens is 304 g/mol. The average Bonchev–Trinajstić information content (AvgIpc) is 3.10. The first-order valence-corrected chi connectivity index (χ1v) is 7.75. The molecule has 2 aromatic carbocycles. The Kier molecular flexibility index (Phi) is 3.34. The first-order chi connectivity index (χ1) is 11.7. The lowest BCUT2D eigenvalue weighted by atomic mass is 9.99. The molecule has 1 unspecified atom stereocenters. The lowest BCUT2D eigenvalue weighted by molar-refractivity contribution is 0.0857. The summed E-state index contributed by atoms with van der Waals surface area (Å²) in [6.07, 6.45) is 0.210. The molecule has 24 heavy (non-hydrogen) atoms. The van der Waals surface area contributed by atoms with Crippen LogP contribution in [0.4, 0.5) is 0 Å². The number of rotatable bonds is 2. The molecule has 1 aliphatic rings. The molecule has 120 valence electrons. The van der Waals surface area contributed by atoms with Crippen LogP contribution in [0.15, 0.2) is 64.5 Å². The van der Waals surface area contributed by atoms with E-state index in [0.29, 0.717) is 23.0 Å². The summed E-state index contributed by atoms with van der Waals surface area (Å²) in [6.45, 7) is 0. The smallest absolute Gasteiger partial charge is 0.263 e. The van der Waals surface area contributed by atoms with Gasteiger partial charge in [0.2, 0.25) is 0 Å². The van der Waals surface area contributed by atoms with Gasteiger partial charge in [-0.2, -0.15) is 0 Å². The van der Waals surface area contributed by atoms with Crippen molar-refractivity contribution in [2.24, 2.45) is 12.2 Å². The Bertz CT molecular complexity index is 1010. The van der Waals surface area contributed by atoms with Crippen molar-refractivity contribution < 1.29 is 9.94 Å². The molecule has 0 aliphatic carbocycles. The monoisotopic (exact) mass is 320 g/mol. The van der Waals surface area contributed by atoms with Gasteiger partial charge in [-0.15, -0.1) is 0 Å². The predicted octanol–water partition coefficient (Wildman–Crippen LogP) is 3.11. The molecule has 1 aromatic heterocycles. The number of fused-ring (bicyclic) bond motifs is 1. The predicted molar refractivity (Wildman–Crippen MR) is 92.3 cm³/mol. The fourth-order valence-corrected chi connectivity index (χ4v) is 3.11. The Hall–Kier alpha value is -3.08. The third kappa shape index (κ3) is 2.17. The molecule has 5 nitrogen and oxygen atoms in total. The number of aryl methyl sites for hydroxylation is 1. The van der Waals surface area contributed by atoms with E-state index in [9.17, 15) is 9.90 Å². The molecule has 3 aromatic rings. The third-order valence-corrected chi connectivity index (χ3v) is 4.40. The highest BCUT2D eigenvalue weighted by Gasteiger charge is 2.28. The van der Waals surface area contributed by atoms with E-state index < -0.39 is 0 Å². The van der Waals surface area contributed by atoms with Crippen LogP contribution in [-0.2, 0) is 11.9 Å². The summed E-state index contributed by atoms with van der Waals surface area (Å²) in [5.74, 6) is -0.0373. The van der Waals surface area contributed by atoms with E-state index in [1.54, 1.807) is 19.2 Å². The Morgan fingerprint density at radius 3 is 2.62 bits per heavy atom. The van der Waals surface area contributed by atoms with Crippen LogP contribution in [0.5, 0.6) is 5.75 Å². The second-order valence-corrected chi connectivity index (χ2v) is 5.85. The molecule has 0 bridgehead atoms. The molecule has 0 fully saturated rings. The topological polar surface area (TPSA) is 63.8 Å². The summed E-state index contributed by atoms with van der Waals surface area (Å²) in [5, 5.41) is 15.3. The van der Waals surface area contributed by atoms with Crippen molar-refractivity contribution in [2.75, 3.05) is 0 Å². The SMILES string of the molecule is Cn1c(=O)c(C2=NOC(c3ccccc3)C2)c(O)c2ccccc21. The number of oxime groups is 1. The van der Waals surface area contributed by atoms with E-state index >= 15 is 0 Å². The molecule has 2 heterocycles. The van der Waals surface area contributed by atoms with Crippen molar-refractivity contribution in [1.29, 1.82) is 0 Å². The van der Waals surface area contributed by atoms with Gasteiger partial charge in [0.25, 0.3) is 5.56 Å². The average molecular weight is 320 g/mol. The van der Waals surface area contributed by atoms with Crippen LogP contribution in [-0.4, -0.2) is 15.4 Å². The number of para-hydroxylation sites is 1. The number of hydrogen-bond donors (Lipinski definition) is 1. The van der Waals surface area contributed by atoms with Gasteiger partial charge < -0.3 is 14.5 Å². The summed E-state index contributed by atoms with van der Waals surface area (Å²) in [4.78, 5) is 18.2. The normalized spacial score (nSPS) is 16.9. The molecule has 0 saturated carbocycles. The number of benzene rings is 2. The zero-order valence-corrected chi connectivity index (χ0v) is 13.1. The van der Waals surface area contributed by atoms with Gasteiger partial charge in [0.05, 0.1) is 5.52 Å². The third-order valence-electron chi connectivity index (χ3n) is 4.40. The van der Waals surface area contributed by atoms with E-state index in [0.717, 1.165) is 5.56 Å². The van der Waals surface area contributed by atoms with E-state index in [1.807, 2.05) is 42.5 Å². The lowest BCUT2D eigenvalue weighted by Gasteiger charge is -2.11. The van der Waals surface area contributed by atoms with E-state index in [2.05, 4.69) is 5.16 Å². The van der Waals surface area contributed by atoms with Gasteiger partial charge in [-0.1, -0.05) is 47.6 Å². The fraction of sp³-hybridized carbons (Fsp3) is 0.158. The number of nitrogens with zero attached hydrogens (tertiary/aromatic N) is 2. The molecule has 0 radical (unpaired) electrons. The maximum atomic E-state index is 12.7. The van der Waals surface area contributed by atoms with Crippen LogP contribution in [0.3, 0.4) is 0 Å². The van der Waals surface area contributed by atoms with Gasteiger partial charge in [0.15, 0.2) is 6.10 Å². The van der Waals surface area contributed by atoms with Crippen LogP contribution < -0.4 is 5.56 Å². The lowest BCUT2D eigenvalue weighted by Crippen LogP contribution is -2.24. The second kappa shape index (κ2) is 5.53. The number of pyridine rings is 1. The van der Waals surface area contributed by atoms with Crippen molar-refractivity contribution in [1.82, 2.24) is 4.57 Å². The van der Waals surface area contributed by atoms with Crippen LogP contribution in [0, 0.1) is 0 Å². The summed E-state index contributed by atoms with van der Waals surface area (Å²) >= 11 is 0. The molecule has 1 aliphatic heterocycles. The Morgan fingerprint density at radius 2 is 1.83 bits per heavy atom. The van der Waals surface area contributed by atoms with Gasteiger partial charge in [0.1, 0.15) is 17.0 Å². The highest BCUT2D eigenvalue weighted by atomic mass is 16.6. The minimum Gasteiger partial charge on any atom is -0.506 e. The zero-order valence-electron chi connectivity index (χ0n) is 13.1. The largest absolute Gasteiger partial charge is 0.506 e. The molecule has 4 rings (SSSR count). The van der Waals surface area contributed by atoms with Gasteiger partial charge in [-0.25, -0.2) is 0 Å². The maximum Gasteiger partial charge on any atom is 0.263 e. The first kappa shape index (κ1) is 14.5. The van der Waals surface area contributed by atoms with Crippen LogP contribution >= 0.6 is 0 Å². The van der Waals surface area contributed by atoms with E-state index in [1.165, 1.54) is 4.57 Å². The van der Waals surface area contributed by atoms with Crippen molar-refractivity contribution >= 4 is 16.6 Å². The Balaban J connectivity index is 1.80. The minimum absolute atomic E-state index is 0.0373. The second-order valence-electron chi connectivity index (χ2n) is 5.85. The number of aromatic hydroxyl groups is 1.